The van der Waals surface area contributed by atoms with Crippen molar-refractivity contribution in [1.29, 1.82) is 0 Å². The van der Waals surface area contributed by atoms with E-state index in [1.165, 1.54) is 0 Å². The molecule has 0 aliphatic carbocycles. The lowest BCUT2D eigenvalue weighted by Gasteiger charge is -2.40. The highest BCUT2D eigenvalue weighted by atomic mass is 35.5. The third-order valence-electron chi connectivity index (χ3n) is 4.34. The van der Waals surface area contributed by atoms with Crippen LogP contribution in [0.4, 0.5) is 0 Å². The average Bonchev–Trinajstić information content (AvgIpc) is 2.56. The predicted molar refractivity (Wildman–Crippen MR) is 103 cm³/mol. The standard InChI is InChI=1S/C20H23Cl2NO2/c1-4-23-19(24-13-9-10-16(21)17(22)11-13)15-12-20(2,3)25-18-8-6-5-7-14(15)18/h5-11,15,19,23H,4,12H2,1-3H3. The number of fused-ring (bicyclic) bond motifs is 1. The predicted octanol–water partition coefficient (Wildman–Crippen LogP) is 5.65. The van der Waals surface area contributed by atoms with Crippen LogP contribution >= 0.6 is 23.2 Å². The third-order valence-corrected chi connectivity index (χ3v) is 5.08. The molecule has 0 saturated carbocycles. The van der Waals surface area contributed by atoms with Gasteiger partial charge in [-0.15, -0.1) is 0 Å². The molecule has 1 aliphatic heterocycles. The zero-order valence-corrected chi connectivity index (χ0v) is 16.2. The monoisotopic (exact) mass is 379 g/mol. The fourth-order valence-electron chi connectivity index (χ4n) is 3.29. The molecule has 134 valence electrons. The lowest BCUT2D eigenvalue weighted by molar-refractivity contribution is 0.0326. The minimum Gasteiger partial charge on any atom is -0.488 e. The molecule has 2 unspecified atom stereocenters. The number of likely N-dealkylation sites (N-methyl/N-ethyl adjacent to an activating group) is 1. The van der Waals surface area contributed by atoms with Crippen molar-refractivity contribution in [2.45, 2.75) is 44.9 Å². The van der Waals surface area contributed by atoms with E-state index in [1.807, 2.05) is 24.3 Å². The second-order valence-corrected chi connectivity index (χ2v) is 7.70. The fraction of sp³-hybridized carbons (Fsp3) is 0.400. The molecule has 5 heteroatoms. The molecule has 3 rings (SSSR count). The molecule has 2 aromatic carbocycles. The van der Waals surface area contributed by atoms with Gasteiger partial charge in [-0.2, -0.15) is 0 Å². The number of nitrogens with one attached hydrogen (secondary N) is 1. The van der Waals surface area contributed by atoms with Crippen LogP contribution in [0.2, 0.25) is 10.0 Å². The van der Waals surface area contributed by atoms with Crippen LogP contribution in [0.3, 0.4) is 0 Å². The van der Waals surface area contributed by atoms with Gasteiger partial charge in [-0.05, 0) is 45.0 Å². The molecule has 1 heterocycles. The van der Waals surface area contributed by atoms with E-state index < -0.39 is 0 Å². The molecule has 1 aliphatic rings. The van der Waals surface area contributed by atoms with E-state index in [2.05, 4.69) is 32.2 Å². The summed E-state index contributed by atoms with van der Waals surface area (Å²) in [6, 6.07) is 13.5. The summed E-state index contributed by atoms with van der Waals surface area (Å²) < 4.78 is 12.4. The topological polar surface area (TPSA) is 30.5 Å². The molecule has 0 bridgehead atoms. The van der Waals surface area contributed by atoms with Crippen molar-refractivity contribution in [2.75, 3.05) is 6.54 Å². The summed E-state index contributed by atoms with van der Waals surface area (Å²) >= 11 is 12.1. The van der Waals surface area contributed by atoms with Gasteiger partial charge in [0.15, 0.2) is 6.23 Å². The highest BCUT2D eigenvalue weighted by molar-refractivity contribution is 6.42. The smallest absolute Gasteiger partial charge is 0.157 e. The highest BCUT2D eigenvalue weighted by Crippen LogP contribution is 2.43. The molecule has 0 aromatic heterocycles. The number of halogens is 2. The Bertz CT molecular complexity index is 748. The Morgan fingerprint density at radius 2 is 1.96 bits per heavy atom. The summed E-state index contributed by atoms with van der Waals surface area (Å²) in [5.74, 6) is 1.78. The normalized spacial score (nSPS) is 19.6. The van der Waals surface area contributed by atoms with Crippen molar-refractivity contribution in [1.82, 2.24) is 5.32 Å². The third kappa shape index (κ3) is 4.22. The first-order valence-electron chi connectivity index (χ1n) is 8.52. The Labute approximate surface area is 159 Å². The van der Waals surface area contributed by atoms with Crippen LogP contribution in [0.25, 0.3) is 0 Å². The second-order valence-electron chi connectivity index (χ2n) is 6.88. The maximum Gasteiger partial charge on any atom is 0.157 e. The van der Waals surface area contributed by atoms with Crippen molar-refractivity contribution >= 4 is 23.2 Å². The van der Waals surface area contributed by atoms with Crippen LogP contribution in [0.5, 0.6) is 11.5 Å². The van der Waals surface area contributed by atoms with Crippen molar-refractivity contribution < 1.29 is 9.47 Å². The number of benzene rings is 2. The SMILES string of the molecule is CCNC(Oc1ccc(Cl)c(Cl)c1)C1CC(C)(C)Oc2ccccc21. The molecule has 0 saturated heterocycles. The Morgan fingerprint density at radius 1 is 1.20 bits per heavy atom. The van der Waals surface area contributed by atoms with Gasteiger partial charge in [-0.25, -0.2) is 0 Å². The van der Waals surface area contributed by atoms with Gasteiger partial charge in [0.2, 0.25) is 0 Å². The molecule has 0 radical (unpaired) electrons. The maximum atomic E-state index is 6.27. The van der Waals surface area contributed by atoms with Crippen LogP contribution in [0.15, 0.2) is 42.5 Å². The van der Waals surface area contributed by atoms with Crippen molar-refractivity contribution in [3.63, 3.8) is 0 Å². The molecule has 3 nitrogen and oxygen atoms in total. The quantitative estimate of drug-likeness (QED) is 0.680. The molecule has 0 spiro atoms. The second kappa shape index (κ2) is 7.45. The van der Waals surface area contributed by atoms with Crippen molar-refractivity contribution in [2.24, 2.45) is 0 Å². The Kier molecular flexibility index (Phi) is 5.47. The number of hydrogen-bond donors (Lipinski definition) is 1. The van der Waals surface area contributed by atoms with E-state index in [0.29, 0.717) is 15.8 Å². The molecule has 0 amide bonds. The Balaban J connectivity index is 1.92. The summed E-state index contributed by atoms with van der Waals surface area (Å²) in [7, 11) is 0. The average molecular weight is 380 g/mol. The van der Waals surface area contributed by atoms with Crippen molar-refractivity contribution in [3.05, 3.63) is 58.1 Å². The van der Waals surface area contributed by atoms with E-state index >= 15 is 0 Å². The van der Waals surface area contributed by atoms with Gasteiger partial charge in [0.05, 0.1) is 10.0 Å². The summed E-state index contributed by atoms with van der Waals surface area (Å²) in [4.78, 5) is 0. The summed E-state index contributed by atoms with van der Waals surface area (Å²) in [5.41, 5.74) is 0.904. The molecule has 25 heavy (non-hydrogen) atoms. The number of ether oxygens (including phenoxy) is 2. The summed E-state index contributed by atoms with van der Waals surface area (Å²) in [5, 5.41) is 4.47. The van der Waals surface area contributed by atoms with Crippen LogP contribution in [-0.2, 0) is 0 Å². The first kappa shape index (κ1) is 18.4. The Morgan fingerprint density at radius 3 is 2.68 bits per heavy atom. The van der Waals surface area contributed by atoms with E-state index in [-0.39, 0.29) is 17.7 Å². The van der Waals surface area contributed by atoms with E-state index in [1.54, 1.807) is 12.1 Å². The van der Waals surface area contributed by atoms with E-state index in [9.17, 15) is 0 Å². The van der Waals surface area contributed by atoms with Gasteiger partial charge in [0.25, 0.3) is 0 Å². The van der Waals surface area contributed by atoms with Gasteiger partial charge < -0.3 is 9.47 Å². The van der Waals surface area contributed by atoms with Gasteiger partial charge in [-0.3, -0.25) is 5.32 Å². The molecule has 2 atom stereocenters. The molecule has 1 N–H and O–H groups in total. The van der Waals surface area contributed by atoms with Gasteiger partial charge in [0, 0.05) is 17.5 Å². The summed E-state index contributed by atoms with van der Waals surface area (Å²) in [6.45, 7) is 7.09. The minimum atomic E-state index is -0.256. The van der Waals surface area contributed by atoms with Crippen LogP contribution in [-0.4, -0.2) is 18.4 Å². The maximum absolute atomic E-state index is 6.27. The minimum absolute atomic E-state index is 0.161. The zero-order valence-electron chi connectivity index (χ0n) is 14.7. The molecule has 0 fully saturated rings. The van der Waals surface area contributed by atoms with Crippen LogP contribution < -0.4 is 14.8 Å². The van der Waals surface area contributed by atoms with E-state index in [0.717, 1.165) is 24.3 Å². The zero-order chi connectivity index (χ0) is 18.0. The van der Waals surface area contributed by atoms with Crippen LogP contribution in [0, 0.1) is 0 Å². The summed E-state index contributed by atoms with van der Waals surface area (Å²) in [6.07, 6.45) is 0.662. The highest BCUT2D eigenvalue weighted by Gasteiger charge is 2.38. The Hall–Kier alpha value is -1.42. The first-order valence-corrected chi connectivity index (χ1v) is 9.28. The van der Waals surface area contributed by atoms with Gasteiger partial charge >= 0.3 is 0 Å². The number of para-hydroxylation sites is 1. The first-order chi connectivity index (χ1) is 11.9. The largest absolute Gasteiger partial charge is 0.488 e. The molecular formula is C20H23Cl2NO2. The van der Waals surface area contributed by atoms with Gasteiger partial charge in [-0.1, -0.05) is 48.3 Å². The van der Waals surface area contributed by atoms with E-state index in [4.69, 9.17) is 32.7 Å². The lowest BCUT2D eigenvalue weighted by atomic mass is 9.83. The van der Waals surface area contributed by atoms with Gasteiger partial charge in [0.1, 0.15) is 17.1 Å². The lowest BCUT2D eigenvalue weighted by Crippen LogP contribution is -2.46. The molecule has 2 aromatic rings. The number of hydrogen-bond acceptors (Lipinski definition) is 3. The van der Waals surface area contributed by atoms with Crippen molar-refractivity contribution in [3.8, 4) is 11.5 Å². The van der Waals surface area contributed by atoms with Crippen LogP contribution in [0.1, 0.15) is 38.7 Å². The fourth-order valence-corrected chi connectivity index (χ4v) is 3.58. The molecular weight excluding hydrogens is 357 g/mol. The number of rotatable bonds is 5.